The number of carbonyl (C=O) groups excluding carboxylic acids is 1. The molecule has 1 aliphatic carbocycles. The fourth-order valence-electron chi connectivity index (χ4n) is 3.56. The summed E-state index contributed by atoms with van der Waals surface area (Å²) in [5.41, 5.74) is 1.19. The molecule has 2 heterocycles. The molecule has 1 aliphatic heterocycles. The summed E-state index contributed by atoms with van der Waals surface area (Å²) in [6.07, 6.45) is 3.92. The molecule has 7 heteroatoms. The lowest BCUT2D eigenvalue weighted by atomic mass is 9.78. The minimum atomic E-state index is -0.472. The number of amides is 1. The van der Waals surface area contributed by atoms with E-state index in [1.54, 1.807) is 7.11 Å². The Kier molecular flexibility index (Phi) is 4.74. The minimum absolute atomic E-state index is 0.0201. The molecule has 0 unspecified atom stereocenters. The van der Waals surface area contributed by atoms with Crippen LogP contribution < -0.4 is 10.6 Å². The maximum absolute atomic E-state index is 13.0. The molecule has 138 valence electrons. The Morgan fingerprint density at radius 3 is 2.88 bits per heavy atom. The summed E-state index contributed by atoms with van der Waals surface area (Å²) in [6.45, 7) is 2.10. The zero-order chi connectivity index (χ0) is 18.0. The van der Waals surface area contributed by atoms with Crippen molar-refractivity contribution in [2.24, 2.45) is 5.41 Å². The van der Waals surface area contributed by atoms with Crippen molar-refractivity contribution in [3.63, 3.8) is 0 Å². The molecule has 1 amide bonds. The van der Waals surface area contributed by atoms with Crippen LogP contribution in [0.1, 0.15) is 37.4 Å². The number of aromatic amines is 1. The van der Waals surface area contributed by atoms with E-state index < -0.39 is 5.41 Å². The number of hydrogen-bond donors (Lipinski definition) is 3. The van der Waals surface area contributed by atoms with Gasteiger partial charge in [-0.25, -0.2) is 4.98 Å². The molecular weight excluding hydrogens is 330 g/mol. The van der Waals surface area contributed by atoms with E-state index in [-0.39, 0.29) is 5.91 Å². The highest BCUT2D eigenvalue weighted by Crippen LogP contribution is 2.38. The van der Waals surface area contributed by atoms with Crippen molar-refractivity contribution in [3.05, 3.63) is 30.1 Å². The first-order valence-corrected chi connectivity index (χ1v) is 9.24. The van der Waals surface area contributed by atoms with Crippen LogP contribution in [0.15, 0.2) is 24.3 Å². The van der Waals surface area contributed by atoms with E-state index in [9.17, 15) is 4.79 Å². The molecule has 1 aromatic heterocycles. The van der Waals surface area contributed by atoms with Gasteiger partial charge in [-0.15, -0.1) is 0 Å². The minimum Gasteiger partial charge on any atom is -0.384 e. The SMILES string of the molecule is COCC1(C(=O)Nc2cccc(-c3n[nH]c(C4CC4)n3)c2)CCNCC1. The third-order valence-corrected chi connectivity index (χ3v) is 5.31. The van der Waals surface area contributed by atoms with E-state index in [0.717, 1.165) is 43.0 Å². The van der Waals surface area contributed by atoms with Gasteiger partial charge in [0.2, 0.25) is 5.91 Å². The molecule has 1 aromatic carbocycles. The topological polar surface area (TPSA) is 91.9 Å². The van der Waals surface area contributed by atoms with Crippen molar-refractivity contribution in [1.82, 2.24) is 20.5 Å². The van der Waals surface area contributed by atoms with Gasteiger partial charge in [-0.05, 0) is 50.9 Å². The second kappa shape index (κ2) is 7.17. The van der Waals surface area contributed by atoms with Crippen molar-refractivity contribution >= 4 is 11.6 Å². The Morgan fingerprint density at radius 1 is 1.35 bits per heavy atom. The number of aromatic nitrogens is 3. The largest absolute Gasteiger partial charge is 0.384 e. The van der Waals surface area contributed by atoms with E-state index >= 15 is 0 Å². The average molecular weight is 355 g/mol. The molecule has 26 heavy (non-hydrogen) atoms. The quantitative estimate of drug-likeness (QED) is 0.739. The zero-order valence-corrected chi connectivity index (χ0v) is 15.0. The molecule has 1 saturated carbocycles. The van der Waals surface area contributed by atoms with Gasteiger partial charge in [-0.3, -0.25) is 9.89 Å². The van der Waals surface area contributed by atoms with Crippen molar-refractivity contribution in [2.75, 3.05) is 32.1 Å². The van der Waals surface area contributed by atoms with Crippen molar-refractivity contribution in [1.29, 1.82) is 0 Å². The molecule has 4 rings (SSSR count). The predicted octanol–water partition coefficient (Wildman–Crippen LogP) is 2.30. The monoisotopic (exact) mass is 355 g/mol. The van der Waals surface area contributed by atoms with Gasteiger partial charge in [0.1, 0.15) is 5.82 Å². The van der Waals surface area contributed by atoms with Gasteiger partial charge < -0.3 is 15.4 Å². The molecule has 1 saturated heterocycles. The lowest BCUT2D eigenvalue weighted by molar-refractivity contribution is -0.130. The van der Waals surface area contributed by atoms with Gasteiger partial charge in [0.05, 0.1) is 12.0 Å². The number of hydrogen-bond acceptors (Lipinski definition) is 5. The van der Waals surface area contributed by atoms with Crippen molar-refractivity contribution in [3.8, 4) is 11.4 Å². The van der Waals surface area contributed by atoms with Gasteiger partial charge in [-0.2, -0.15) is 5.10 Å². The normalized spacial score (nSPS) is 19.3. The second-order valence-corrected chi connectivity index (χ2v) is 7.32. The highest BCUT2D eigenvalue weighted by Gasteiger charge is 2.39. The lowest BCUT2D eigenvalue weighted by Crippen LogP contribution is -2.47. The number of ether oxygens (including phenoxy) is 1. The van der Waals surface area contributed by atoms with Gasteiger partial charge in [0.15, 0.2) is 5.82 Å². The Bertz CT molecular complexity index is 772. The molecule has 2 aromatic rings. The van der Waals surface area contributed by atoms with Crippen molar-refractivity contribution in [2.45, 2.75) is 31.6 Å². The molecule has 0 atom stereocenters. The maximum atomic E-state index is 13.0. The molecule has 2 fully saturated rings. The third-order valence-electron chi connectivity index (χ3n) is 5.31. The van der Waals surface area contributed by atoms with Crippen LogP contribution in [-0.2, 0) is 9.53 Å². The van der Waals surface area contributed by atoms with Crippen LogP contribution in [0.3, 0.4) is 0 Å². The standard InChI is InChI=1S/C19H25N5O2/c1-26-12-19(7-9-20-10-8-19)18(25)21-15-4-2-3-14(11-15)17-22-16(23-24-17)13-5-6-13/h2-4,11,13,20H,5-10,12H2,1H3,(H,21,25)(H,22,23,24). The fourth-order valence-corrected chi connectivity index (χ4v) is 3.56. The highest BCUT2D eigenvalue weighted by molar-refractivity contribution is 5.96. The van der Waals surface area contributed by atoms with Crippen LogP contribution in [0.25, 0.3) is 11.4 Å². The number of carbonyl (C=O) groups is 1. The number of anilines is 1. The van der Waals surface area contributed by atoms with Crippen LogP contribution in [0, 0.1) is 5.41 Å². The lowest BCUT2D eigenvalue weighted by Gasteiger charge is -2.35. The van der Waals surface area contributed by atoms with Gasteiger partial charge in [-0.1, -0.05) is 12.1 Å². The van der Waals surface area contributed by atoms with Crippen LogP contribution in [0.5, 0.6) is 0 Å². The Balaban J connectivity index is 1.51. The van der Waals surface area contributed by atoms with E-state index in [4.69, 9.17) is 4.74 Å². The first-order valence-electron chi connectivity index (χ1n) is 9.24. The Hall–Kier alpha value is -2.25. The van der Waals surface area contributed by atoms with Gasteiger partial charge in [0, 0.05) is 24.3 Å². The Morgan fingerprint density at radius 2 is 2.15 bits per heavy atom. The molecule has 0 bridgehead atoms. The van der Waals surface area contributed by atoms with Crippen LogP contribution >= 0.6 is 0 Å². The Labute approximate surface area is 152 Å². The van der Waals surface area contributed by atoms with Crippen LogP contribution in [0.2, 0.25) is 0 Å². The first kappa shape index (κ1) is 17.2. The number of H-pyrrole nitrogens is 1. The number of piperidine rings is 1. The molecule has 2 aliphatic rings. The second-order valence-electron chi connectivity index (χ2n) is 7.32. The molecular formula is C19H25N5O2. The number of methoxy groups -OCH3 is 1. The maximum Gasteiger partial charge on any atom is 0.233 e. The van der Waals surface area contributed by atoms with Crippen molar-refractivity contribution < 1.29 is 9.53 Å². The van der Waals surface area contributed by atoms with E-state index in [2.05, 4.69) is 25.8 Å². The summed E-state index contributed by atoms with van der Waals surface area (Å²) in [7, 11) is 1.65. The molecule has 0 radical (unpaired) electrons. The zero-order valence-electron chi connectivity index (χ0n) is 15.0. The number of rotatable bonds is 6. The van der Waals surface area contributed by atoms with Gasteiger partial charge >= 0.3 is 0 Å². The fraction of sp³-hybridized carbons (Fsp3) is 0.526. The number of nitrogens with one attached hydrogen (secondary N) is 3. The summed E-state index contributed by atoms with van der Waals surface area (Å²) in [4.78, 5) is 17.6. The van der Waals surface area contributed by atoms with Gasteiger partial charge in [0.25, 0.3) is 0 Å². The average Bonchev–Trinajstić information content (AvgIpc) is 3.40. The molecule has 3 N–H and O–H groups in total. The smallest absolute Gasteiger partial charge is 0.233 e. The summed E-state index contributed by atoms with van der Waals surface area (Å²) in [5, 5.41) is 13.7. The summed E-state index contributed by atoms with van der Waals surface area (Å²) in [5.74, 6) is 2.19. The van der Waals surface area contributed by atoms with E-state index in [0.29, 0.717) is 18.3 Å². The third kappa shape index (κ3) is 3.50. The summed E-state index contributed by atoms with van der Waals surface area (Å²) in [6, 6.07) is 7.71. The van der Waals surface area contributed by atoms with Crippen LogP contribution in [0.4, 0.5) is 5.69 Å². The number of benzene rings is 1. The number of nitrogens with zero attached hydrogens (tertiary/aromatic N) is 2. The first-order chi connectivity index (χ1) is 12.7. The van der Waals surface area contributed by atoms with E-state index in [1.807, 2.05) is 24.3 Å². The van der Waals surface area contributed by atoms with Crippen LogP contribution in [-0.4, -0.2) is 47.9 Å². The summed E-state index contributed by atoms with van der Waals surface area (Å²) < 4.78 is 5.35. The van der Waals surface area contributed by atoms with E-state index in [1.165, 1.54) is 12.8 Å². The summed E-state index contributed by atoms with van der Waals surface area (Å²) >= 11 is 0. The highest BCUT2D eigenvalue weighted by atomic mass is 16.5. The molecule has 7 nitrogen and oxygen atoms in total. The predicted molar refractivity (Wildman–Crippen MR) is 98.8 cm³/mol. The molecule has 0 spiro atoms.